The van der Waals surface area contributed by atoms with Crippen LogP contribution in [0.5, 0.6) is 0 Å². The first-order valence-corrected chi connectivity index (χ1v) is 7.99. The highest BCUT2D eigenvalue weighted by atomic mass is 32.2. The highest BCUT2D eigenvalue weighted by molar-refractivity contribution is 7.99. The van der Waals surface area contributed by atoms with Gasteiger partial charge in [0.25, 0.3) is 0 Å². The number of nitrogens with zero attached hydrogens (tertiary/aromatic N) is 1. The molecule has 1 aromatic rings. The lowest BCUT2D eigenvalue weighted by molar-refractivity contribution is 0.224. The molecule has 0 bridgehead atoms. The van der Waals surface area contributed by atoms with Gasteiger partial charge >= 0.3 is 0 Å². The number of benzene rings is 1. The van der Waals surface area contributed by atoms with Crippen LogP contribution in [0.1, 0.15) is 18.1 Å². The highest BCUT2D eigenvalue weighted by Gasteiger charge is 2.18. The molecule has 0 saturated carbocycles. The molecule has 3 heteroatoms. The van der Waals surface area contributed by atoms with Gasteiger partial charge in [-0.15, -0.1) is 0 Å². The van der Waals surface area contributed by atoms with E-state index in [1.165, 1.54) is 29.2 Å². The fraction of sp³-hybridized carbons (Fsp3) is 0.600. The molecule has 100 valence electrons. The molecule has 1 N–H and O–H groups in total. The fourth-order valence-corrected chi connectivity index (χ4v) is 3.39. The van der Waals surface area contributed by atoms with E-state index in [1.54, 1.807) is 0 Å². The largest absolute Gasteiger partial charge is 0.319 e. The maximum atomic E-state index is 3.19. The molecule has 1 aliphatic rings. The molecule has 2 nitrogen and oxygen atoms in total. The van der Waals surface area contributed by atoms with Crippen molar-refractivity contribution in [3.8, 4) is 0 Å². The normalized spacial score (nSPS) is 21.1. The smallest absolute Gasteiger partial charge is 0.0237 e. The molecule has 0 amide bonds. The first-order chi connectivity index (χ1) is 8.79. The van der Waals surface area contributed by atoms with Gasteiger partial charge in [0.05, 0.1) is 0 Å². The second kappa shape index (κ2) is 7.17. The molecule has 1 fully saturated rings. The third-order valence-electron chi connectivity index (χ3n) is 3.58. The second-order valence-electron chi connectivity index (χ2n) is 5.06. The molecule has 1 saturated heterocycles. The van der Waals surface area contributed by atoms with Crippen molar-refractivity contribution in [3.63, 3.8) is 0 Å². The predicted molar refractivity (Wildman–Crippen MR) is 81.3 cm³/mol. The Bertz CT molecular complexity index is 350. The van der Waals surface area contributed by atoms with Crippen LogP contribution in [0.25, 0.3) is 0 Å². The molecule has 2 rings (SSSR count). The van der Waals surface area contributed by atoms with Crippen LogP contribution in [-0.2, 0) is 13.0 Å². The van der Waals surface area contributed by atoms with Crippen LogP contribution in [0.15, 0.2) is 24.3 Å². The van der Waals surface area contributed by atoms with Crippen molar-refractivity contribution in [2.45, 2.75) is 25.9 Å². The molecule has 1 aromatic carbocycles. The van der Waals surface area contributed by atoms with E-state index in [0.717, 1.165) is 19.5 Å². The van der Waals surface area contributed by atoms with E-state index in [4.69, 9.17) is 0 Å². The number of rotatable bonds is 5. The van der Waals surface area contributed by atoms with Crippen LogP contribution in [0.2, 0.25) is 0 Å². The summed E-state index contributed by atoms with van der Waals surface area (Å²) in [6.45, 7) is 5.73. The van der Waals surface area contributed by atoms with Gasteiger partial charge in [0.15, 0.2) is 0 Å². The SMILES string of the molecule is CNCCc1ccc(CN2CCSCC2C)cc1. The van der Waals surface area contributed by atoms with Gasteiger partial charge in [-0.3, -0.25) is 4.90 Å². The van der Waals surface area contributed by atoms with Gasteiger partial charge in [0.1, 0.15) is 0 Å². The van der Waals surface area contributed by atoms with Crippen LogP contribution in [0.3, 0.4) is 0 Å². The lowest BCUT2D eigenvalue weighted by Crippen LogP contribution is -2.39. The third-order valence-corrected chi connectivity index (χ3v) is 4.77. The van der Waals surface area contributed by atoms with Gasteiger partial charge in [-0.2, -0.15) is 11.8 Å². The van der Waals surface area contributed by atoms with Crippen LogP contribution < -0.4 is 5.32 Å². The number of hydrogen-bond donors (Lipinski definition) is 1. The van der Waals surface area contributed by atoms with Crippen LogP contribution in [-0.4, -0.2) is 42.6 Å². The van der Waals surface area contributed by atoms with Crippen LogP contribution in [0, 0.1) is 0 Å². The summed E-state index contributed by atoms with van der Waals surface area (Å²) in [5.74, 6) is 2.56. The molecule has 1 unspecified atom stereocenters. The number of likely N-dealkylation sites (N-methyl/N-ethyl adjacent to an activating group) is 1. The molecular weight excluding hydrogens is 240 g/mol. The summed E-state index contributed by atoms with van der Waals surface area (Å²) in [6, 6.07) is 9.85. The van der Waals surface area contributed by atoms with Crippen molar-refractivity contribution in [2.24, 2.45) is 0 Å². The van der Waals surface area contributed by atoms with Crippen LogP contribution >= 0.6 is 11.8 Å². The zero-order valence-electron chi connectivity index (χ0n) is 11.5. The first-order valence-electron chi connectivity index (χ1n) is 6.84. The van der Waals surface area contributed by atoms with E-state index in [2.05, 4.69) is 53.2 Å². The van der Waals surface area contributed by atoms with E-state index in [0.29, 0.717) is 6.04 Å². The Morgan fingerprint density at radius 3 is 2.67 bits per heavy atom. The van der Waals surface area contributed by atoms with Crippen molar-refractivity contribution in [1.82, 2.24) is 10.2 Å². The van der Waals surface area contributed by atoms with Gasteiger partial charge < -0.3 is 5.32 Å². The summed E-state index contributed by atoms with van der Waals surface area (Å²) in [5, 5.41) is 3.19. The summed E-state index contributed by atoms with van der Waals surface area (Å²) in [5.41, 5.74) is 2.87. The maximum absolute atomic E-state index is 3.19. The summed E-state index contributed by atoms with van der Waals surface area (Å²) >= 11 is 2.08. The number of nitrogens with one attached hydrogen (secondary N) is 1. The lowest BCUT2D eigenvalue weighted by Gasteiger charge is -2.33. The maximum Gasteiger partial charge on any atom is 0.0237 e. The molecule has 0 spiro atoms. The van der Waals surface area contributed by atoms with Gasteiger partial charge in [-0.1, -0.05) is 24.3 Å². The number of hydrogen-bond acceptors (Lipinski definition) is 3. The summed E-state index contributed by atoms with van der Waals surface area (Å²) in [7, 11) is 2.00. The van der Waals surface area contributed by atoms with E-state index in [-0.39, 0.29) is 0 Å². The summed E-state index contributed by atoms with van der Waals surface area (Å²) in [6.07, 6.45) is 1.12. The molecule has 0 aliphatic carbocycles. The minimum Gasteiger partial charge on any atom is -0.319 e. The molecule has 1 aliphatic heterocycles. The van der Waals surface area contributed by atoms with E-state index in [9.17, 15) is 0 Å². The van der Waals surface area contributed by atoms with Crippen molar-refractivity contribution >= 4 is 11.8 Å². The first kappa shape index (κ1) is 13.9. The van der Waals surface area contributed by atoms with Crippen molar-refractivity contribution in [1.29, 1.82) is 0 Å². The Hall–Kier alpha value is -0.510. The van der Waals surface area contributed by atoms with Gasteiger partial charge in [-0.25, -0.2) is 0 Å². The highest BCUT2D eigenvalue weighted by Crippen LogP contribution is 2.18. The molecule has 0 aromatic heterocycles. The van der Waals surface area contributed by atoms with Gasteiger partial charge in [0.2, 0.25) is 0 Å². The average molecular weight is 264 g/mol. The number of thioether (sulfide) groups is 1. The standard InChI is InChI=1S/C15H24N2S/c1-13-12-18-10-9-17(13)11-15-5-3-14(4-6-15)7-8-16-2/h3-6,13,16H,7-12H2,1-2H3. The van der Waals surface area contributed by atoms with Crippen molar-refractivity contribution in [3.05, 3.63) is 35.4 Å². The minimum absolute atomic E-state index is 0.715. The zero-order chi connectivity index (χ0) is 12.8. The summed E-state index contributed by atoms with van der Waals surface area (Å²) in [4.78, 5) is 2.60. The molecule has 1 atom stereocenters. The van der Waals surface area contributed by atoms with Crippen molar-refractivity contribution < 1.29 is 0 Å². The lowest BCUT2D eigenvalue weighted by atomic mass is 10.1. The monoisotopic (exact) mass is 264 g/mol. The van der Waals surface area contributed by atoms with E-state index in [1.807, 2.05) is 7.05 Å². The second-order valence-corrected chi connectivity index (χ2v) is 6.21. The summed E-state index contributed by atoms with van der Waals surface area (Å²) < 4.78 is 0. The minimum atomic E-state index is 0.715. The Balaban J connectivity index is 1.89. The van der Waals surface area contributed by atoms with E-state index < -0.39 is 0 Å². The van der Waals surface area contributed by atoms with E-state index >= 15 is 0 Å². The molecular formula is C15H24N2S. The molecule has 0 radical (unpaired) electrons. The quantitative estimate of drug-likeness (QED) is 0.879. The predicted octanol–water partition coefficient (Wildman–Crippen LogP) is 2.39. The van der Waals surface area contributed by atoms with Crippen LogP contribution in [0.4, 0.5) is 0 Å². The van der Waals surface area contributed by atoms with Crippen molar-refractivity contribution in [2.75, 3.05) is 31.6 Å². The Labute approximate surface area is 115 Å². The van der Waals surface area contributed by atoms with Gasteiger partial charge in [-0.05, 0) is 38.1 Å². The van der Waals surface area contributed by atoms with Gasteiger partial charge in [0, 0.05) is 30.6 Å². The average Bonchev–Trinajstić information content (AvgIpc) is 2.41. The topological polar surface area (TPSA) is 15.3 Å². The Morgan fingerprint density at radius 1 is 1.28 bits per heavy atom. The third kappa shape index (κ3) is 4.01. The Morgan fingerprint density at radius 2 is 2.00 bits per heavy atom. The molecule has 1 heterocycles. The fourth-order valence-electron chi connectivity index (χ4n) is 2.31. The Kier molecular flexibility index (Phi) is 5.54. The molecule has 18 heavy (non-hydrogen) atoms. The zero-order valence-corrected chi connectivity index (χ0v) is 12.3.